The Kier molecular flexibility index (Phi) is 9.19. The molecule has 0 aliphatic rings. The van der Waals surface area contributed by atoms with Crippen LogP contribution in [0.2, 0.25) is 0 Å². The third kappa shape index (κ3) is 7.89. The molecule has 0 saturated carbocycles. The van der Waals surface area contributed by atoms with E-state index in [2.05, 4.69) is 16.9 Å². The highest BCUT2D eigenvalue weighted by molar-refractivity contribution is 7.89. The second-order valence-electron chi connectivity index (χ2n) is 7.31. The van der Waals surface area contributed by atoms with Crippen LogP contribution in [0, 0.1) is 13.8 Å². The van der Waals surface area contributed by atoms with Crippen LogP contribution < -0.4 is 9.57 Å². The van der Waals surface area contributed by atoms with Crippen LogP contribution in [0.5, 0.6) is 5.75 Å². The molecular formula is C23H32N2O3S. The molecule has 5 nitrogen and oxygen atoms in total. The molecule has 2 aromatic rings. The summed E-state index contributed by atoms with van der Waals surface area (Å²) in [6.45, 7) is 6.56. The van der Waals surface area contributed by atoms with E-state index in [-0.39, 0.29) is 4.90 Å². The lowest BCUT2D eigenvalue weighted by atomic mass is 10.1. The van der Waals surface area contributed by atoms with Gasteiger partial charge < -0.3 is 4.74 Å². The normalized spacial score (nSPS) is 11.7. The van der Waals surface area contributed by atoms with Crippen molar-refractivity contribution in [3.05, 3.63) is 59.2 Å². The van der Waals surface area contributed by atoms with Crippen molar-refractivity contribution >= 4 is 16.2 Å². The average Bonchev–Trinajstić information content (AvgIpc) is 2.70. The van der Waals surface area contributed by atoms with Gasteiger partial charge in [0, 0.05) is 0 Å². The van der Waals surface area contributed by atoms with Gasteiger partial charge in [-0.05, 0) is 67.3 Å². The van der Waals surface area contributed by atoms with E-state index in [0.717, 1.165) is 29.9 Å². The number of rotatable bonds is 12. The smallest absolute Gasteiger partial charge is 0.276 e. The Labute approximate surface area is 175 Å². The second kappa shape index (κ2) is 11.6. The van der Waals surface area contributed by atoms with Crippen LogP contribution in [0.1, 0.15) is 62.1 Å². The van der Waals surface area contributed by atoms with Crippen molar-refractivity contribution in [3.63, 3.8) is 0 Å². The Balaban J connectivity index is 1.81. The zero-order valence-corrected chi connectivity index (χ0v) is 18.5. The van der Waals surface area contributed by atoms with E-state index in [1.54, 1.807) is 19.1 Å². The molecule has 0 fully saturated rings. The SMILES string of the molecule is CCCCCCCCOc1ccc(C=NNS(=O)(=O)c2cc(C)ccc2C)cc1. The molecule has 0 aromatic heterocycles. The summed E-state index contributed by atoms with van der Waals surface area (Å²) >= 11 is 0. The molecule has 2 rings (SSSR count). The number of hydrazone groups is 1. The molecule has 2 aromatic carbocycles. The summed E-state index contributed by atoms with van der Waals surface area (Å²) in [5.41, 5.74) is 2.36. The lowest BCUT2D eigenvalue weighted by molar-refractivity contribution is 0.304. The van der Waals surface area contributed by atoms with Crippen molar-refractivity contribution in [2.24, 2.45) is 5.10 Å². The van der Waals surface area contributed by atoms with Gasteiger partial charge in [0.2, 0.25) is 0 Å². The maximum atomic E-state index is 12.4. The van der Waals surface area contributed by atoms with E-state index in [1.807, 2.05) is 37.3 Å². The van der Waals surface area contributed by atoms with Crippen molar-refractivity contribution < 1.29 is 13.2 Å². The molecule has 0 aliphatic heterocycles. The van der Waals surface area contributed by atoms with E-state index < -0.39 is 10.0 Å². The minimum absolute atomic E-state index is 0.244. The molecule has 29 heavy (non-hydrogen) atoms. The second-order valence-corrected chi connectivity index (χ2v) is 8.94. The fourth-order valence-electron chi connectivity index (χ4n) is 2.94. The standard InChI is InChI=1S/C23H32N2O3S/c1-4-5-6-7-8-9-16-28-22-14-12-21(13-15-22)18-24-25-29(26,27)23-17-19(2)10-11-20(23)3/h10-15,17-18,25H,4-9,16H2,1-3H3. The van der Waals surface area contributed by atoms with Crippen molar-refractivity contribution in [2.45, 2.75) is 64.2 Å². The summed E-state index contributed by atoms with van der Waals surface area (Å²) < 4.78 is 30.6. The maximum absolute atomic E-state index is 12.4. The molecule has 0 saturated heterocycles. The van der Waals surface area contributed by atoms with Crippen LogP contribution in [0.4, 0.5) is 0 Å². The van der Waals surface area contributed by atoms with Crippen molar-refractivity contribution in [1.29, 1.82) is 0 Å². The lowest BCUT2D eigenvalue weighted by Gasteiger charge is -2.08. The van der Waals surface area contributed by atoms with Crippen molar-refractivity contribution in [3.8, 4) is 5.75 Å². The van der Waals surface area contributed by atoms with Gasteiger partial charge in [0.15, 0.2) is 0 Å². The number of ether oxygens (including phenoxy) is 1. The van der Waals surface area contributed by atoms with Crippen LogP contribution in [0.25, 0.3) is 0 Å². The first kappa shape index (κ1) is 22.9. The Morgan fingerprint density at radius 3 is 2.38 bits per heavy atom. The van der Waals surface area contributed by atoms with Gasteiger partial charge >= 0.3 is 0 Å². The number of hydrogen-bond acceptors (Lipinski definition) is 4. The Morgan fingerprint density at radius 2 is 1.66 bits per heavy atom. The zero-order valence-electron chi connectivity index (χ0n) is 17.6. The number of nitrogens with zero attached hydrogens (tertiary/aromatic N) is 1. The van der Waals surface area contributed by atoms with Gasteiger partial charge in [-0.25, -0.2) is 4.83 Å². The van der Waals surface area contributed by atoms with Crippen molar-refractivity contribution in [2.75, 3.05) is 6.61 Å². The third-order valence-electron chi connectivity index (χ3n) is 4.67. The fraction of sp³-hybridized carbons (Fsp3) is 0.435. The monoisotopic (exact) mass is 416 g/mol. The van der Waals surface area contributed by atoms with E-state index in [1.165, 1.54) is 38.3 Å². The number of unbranched alkanes of at least 4 members (excludes halogenated alkanes) is 5. The molecule has 0 bridgehead atoms. The summed E-state index contributed by atoms with van der Waals surface area (Å²) in [5.74, 6) is 0.812. The molecule has 1 N–H and O–H groups in total. The van der Waals surface area contributed by atoms with Crippen LogP contribution in [0.15, 0.2) is 52.5 Å². The Bertz CT molecular complexity index is 891. The molecule has 0 atom stereocenters. The topological polar surface area (TPSA) is 67.8 Å². The van der Waals surface area contributed by atoms with Gasteiger partial charge in [0.1, 0.15) is 5.75 Å². The summed E-state index contributed by atoms with van der Waals surface area (Å²) in [7, 11) is -3.69. The first-order valence-electron chi connectivity index (χ1n) is 10.3. The largest absolute Gasteiger partial charge is 0.494 e. The highest BCUT2D eigenvalue weighted by Crippen LogP contribution is 2.17. The van der Waals surface area contributed by atoms with Gasteiger partial charge in [-0.1, -0.05) is 51.2 Å². The Morgan fingerprint density at radius 1 is 0.966 bits per heavy atom. The number of hydrogen-bond donors (Lipinski definition) is 1. The molecule has 158 valence electrons. The number of aryl methyl sites for hydroxylation is 2. The van der Waals surface area contributed by atoms with Crippen LogP contribution in [-0.4, -0.2) is 21.2 Å². The van der Waals surface area contributed by atoms with Gasteiger partial charge in [-0.15, -0.1) is 0 Å². The van der Waals surface area contributed by atoms with Gasteiger partial charge in [-0.3, -0.25) is 0 Å². The van der Waals surface area contributed by atoms with Gasteiger partial charge in [-0.2, -0.15) is 13.5 Å². The molecule has 0 amide bonds. The minimum atomic E-state index is -3.69. The average molecular weight is 417 g/mol. The maximum Gasteiger partial charge on any atom is 0.276 e. The van der Waals surface area contributed by atoms with Gasteiger partial charge in [0.05, 0.1) is 17.7 Å². The Hall–Kier alpha value is -2.34. The molecule has 0 aliphatic carbocycles. The molecule has 0 spiro atoms. The summed E-state index contributed by atoms with van der Waals surface area (Å²) in [4.78, 5) is 2.52. The van der Waals surface area contributed by atoms with Crippen LogP contribution in [0.3, 0.4) is 0 Å². The zero-order chi connectivity index (χ0) is 21.1. The third-order valence-corrected chi connectivity index (χ3v) is 6.03. The number of nitrogens with one attached hydrogen (secondary N) is 1. The molecule has 0 heterocycles. The first-order chi connectivity index (χ1) is 13.9. The van der Waals surface area contributed by atoms with E-state index in [4.69, 9.17) is 4.74 Å². The van der Waals surface area contributed by atoms with Gasteiger partial charge in [0.25, 0.3) is 10.0 Å². The highest BCUT2D eigenvalue weighted by Gasteiger charge is 2.15. The van der Waals surface area contributed by atoms with Crippen molar-refractivity contribution in [1.82, 2.24) is 4.83 Å². The minimum Gasteiger partial charge on any atom is -0.494 e. The lowest BCUT2D eigenvalue weighted by Crippen LogP contribution is -2.19. The highest BCUT2D eigenvalue weighted by atomic mass is 32.2. The number of benzene rings is 2. The summed E-state index contributed by atoms with van der Waals surface area (Å²) in [6, 6.07) is 12.8. The molecular weight excluding hydrogens is 384 g/mol. The summed E-state index contributed by atoms with van der Waals surface area (Å²) in [5, 5.41) is 3.90. The summed E-state index contributed by atoms with van der Waals surface area (Å²) in [6.07, 6.45) is 8.89. The predicted molar refractivity (Wildman–Crippen MR) is 119 cm³/mol. The molecule has 0 radical (unpaired) electrons. The number of sulfonamides is 1. The predicted octanol–water partition coefficient (Wildman–Crippen LogP) is 5.36. The van der Waals surface area contributed by atoms with E-state index in [0.29, 0.717) is 5.56 Å². The first-order valence-corrected chi connectivity index (χ1v) is 11.8. The van der Waals surface area contributed by atoms with E-state index in [9.17, 15) is 8.42 Å². The van der Waals surface area contributed by atoms with E-state index >= 15 is 0 Å². The molecule has 0 unspecified atom stereocenters. The quantitative estimate of drug-likeness (QED) is 0.288. The fourth-order valence-corrected chi connectivity index (χ4v) is 4.06. The van der Waals surface area contributed by atoms with Crippen LogP contribution >= 0.6 is 0 Å². The van der Waals surface area contributed by atoms with Crippen LogP contribution in [-0.2, 0) is 10.0 Å². The molecule has 6 heteroatoms.